The van der Waals surface area contributed by atoms with Gasteiger partial charge in [-0.1, -0.05) is 0 Å². The molecule has 0 aromatic rings. The van der Waals surface area contributed by atoms with Gasteiger partial charge in [-0.15, -0.1) is 0 Å². The molecule has 0 heterocycles. The van der Waals surface area contributed by atoms with Gasteiger partial charge in [0.2, 0.25) is 5.92 Å². The van der Waals surface area contributed by atoms with Gasteiger partial charge in [-0.3, -0.25) is 4.79 Å². The summed E-state index contributed by atoms with van der Waals surface area (Å²) >= 11 is 0. The summed E-state index contributed by atoms with van der Waals surface area (Å²) in [5, 5.41) is 8.84. The standard InChI is InChI=1S/C9H12F2O2/c10-9(11)3-5-1-2-6(4-9)7(5)8(12)13/h5-7H,1-4H2,(H,12,13). The first kappa shape index (κ1) is 8.91. The Morgan fingerprint density at radius 3 is 2.08 bits per heavy atom. The highest BCUT2D eigenvalue weighted by Gasteiger charge is 2.53. The molecule has 0 aromatic carbocycles. The first-order valence-corrected chi connectivity index (χ1v) is 4.60. The van der Waals surface area contributed by atoms with Gasteiger partial charge >= 0.3 is 5.97 Å². The Labute approximate surface area is 74.9 Å². The summed E-state index contributed by atoms with van der Waals surface area (Å²) in [5.41, 5.74) is 0. The largest absolute Gasteiger partial charge is 0.481 e. The number of fused-ring (bicyclic) bond motifs is 2. The number of hydrogen-bond acceptors (Lipinski definition) is 1. The molecule has 0 aromatic heterocycles. The molecular weight excluding hydrogens is 178 g/mol. The Balaban J connectivity index is 2.18. The van der Waals surface area contributed by atoms with Crippen LogP contribution in [-0.2, 0) is 4.79 Å². The lowest BCUT2D eigenvalue weighted by atomic mass is 9.77. The van der Waals surface area contributed by atoms with Gasteiger partial charge in [0.05, 0.1) is 5.92 Å². The molecule has 2 saturated carbocycles. The van der Waals surface area contributed by atoms with Crippen LogP contribution < -0.4 is 0 Å². The zero-order valence-corrected chi connectivity index (χ0v) is 7.17. The van der Waals surface area contributed by atoms with Crippen LogP contribution in [0, 0.1) is 17.8 Å². The summed E-state index contributed by atoms with van der Waals surface area (Å²) < 4.78 is 26.0. The van der Waals surface area contributed by atoms with Gasteiger partial charge < -0.3 is 5.11 Å². The molecule has 0 radical (unpaired) electrons. The van der Waals surface area contributed by atoms with E-state index in [2.05, 4.69) is 0 Å². The van der Waals surface area contributed by atoms with Crippen LogP contribution in [0.1, 0.15) is 25.7 Å². The topological polar surface area (TPSA) is 37.3 Å². The molecule has 4 heteroatoms. The predicted molar refractivity (Wildman–Crippen MR) is 41.5 cm³/mol. The third-order valence-corrected chi connectivity index (χ3v) is 3.33. The summed E-state index contributed by atoms with van der Waals surface area (Å²) in [6.07, 6.45) is 0.884. The molecule has 74 valence electrons. The van der Waals surface area contributed by atoms with E-state index in [9.17, 15) is 13.6 Å². The van der Waals surface area contributed by atoms with Crippen molar-refractivity contribution in [3.8, 4) is 0 Å². The van der Waals surface area contributed by atoms with E-state index in [1.54, 1.807) is 0 Å². The molecule has 2 fully saturated rings. The first-order valence-electron chi connectivity index (χ1n) is 4.60. The number of carboxylic acids is 1. The molecule has 0 amide bonds. The van der Waals surface area contributed by atoms with Crippen LogP contribution in [0.5, 0.6) is 0 Å². The van der Waals surface area contributed by atoms with Crippen LogP contribution in [0.25, 0.3) is 0 Å². The summed E-state index contributed by atoms with van der Waals surface area (Å²) in [6.45, 7) is 0. The number of halogens is 2. The maximum Gasteiger partial charge on any atom is 0.307 e. The van der Waals surface area contributed by atoms with E-state index in [4.69, 9.17) is 5.11 Å². The third kappa shape index (κ3) is 1.42. The predicted octanol–water partition coefficient (Wildman–Crippen LogP) is 2.14. The van der Waals surface area contributed by atoms with E-state index < -0.39 is 17.8 Å². The molecule has 2 unspecified atom stereocenters. The molecule has 2 bridgehead atoms. The zero-order chi connectivity index (χ0) is 9.64. The van der Waals surface area contributed by atoms with Gasteiger partial charge in [0.25, 0.3) is 0 Å². The van der Waals surface area contributed by atoms with Crippen molar-refractivity contribution in [2.75, 3.05) is 0 Å². The maximum atomic E-state index is 13.0. The second-order valence-electron chi connectivity index (χ2n) is 4.23. The fourth-order valence-electron chi connectivity index (χ4n) is 2.88. The molecule has 1 N–H and O–H groups in total. The lowest BCUT2D eigenvalue weighted by Gasteiger charge is -2.32. The molecule has 2 aliphatic rings. The Kier molecular flexibility index (Phi) is 1.82. The van der Waals surface area contributed by atoms with Crippen LogP contribution in [0.4, 0.5) is 8.78 Å². The molecule has 2 nitrogen and oxygen atoms in total. The van der Waals surface area contributed by atoms with Crippen LogP contribution >= 0.6 is 0 Å². The lowest BCUT2D eigenvalue weighted by molar-refractivity contribution is -0.151. The van der Waals surface area contributed by atoms with Crippen molar-refractivity contribution < 1.29 is 18.7 Å². The number of aliphatic carboxylic acids is 1. The molecule has 2 aliphatic carbocycles. The summed E-state index contributed by atoms with van der Waals surface area (Å²) in [5.74, 6) is -4.57. The number of alkyl halides is 2. The van der Waals surface area contributed by atoms with Crippen LogP contribution in [0.2, 0.25) is 0 Å². The van der Waals surface area contributed by atoms with Crippen molar-refractivity contribution in [3.63, 3.8) is 0 Å². The lowest BCUT2D eigenvalue weighted by Crippen LogP contribution is -2.37. The van der Waals surface area contributed by atoms with Crippen molar-refractivity contribution in [1.82, 2.24) is 0 Å². The van der Waals surface area contributed by atoms with Crippen molar-refractivity contribution in [2.24, 2.45) is 17.8 Å². The van der Waals surface area contributed by atoms with Gasteiger partial charge in [0, 0.05) is 12.8 Å². The Morgan fingerprint density at radius 2 is 1.69 bits per heavy atom. The average molecular weight is 190 g/mol. The van der Waals surface area contributed by atoms with Crippen molar-refractivity contribution >= 4 is 5.97 Å². The molecule has 13 heavy (non-hydrogen) atoms. The van der Waals surface area contributed by atoms with Gasteiger partial charge in [-0.2, -0.15) is 0 Å². The van der Waals surface area contributed by atoms with E-state index in [1.165, 1.54) is 0 Å². The third-order valence-electron chi connectivity index (χ3n) is 3.33. The number of carbonyl (C=O) groups is 1. The SMILES string of the molecule is O=C(O)C1C2CCC1CC(F)(F)C2. The smallest absolute Gasteiger partial charge is 0.307 e. The van der Waals surface area contributed by atoms with Crippen molar-refractivity contribution in [1.29, 1.82) is 0 Å². The van der Waals surface area contributed by atoms with Gasteiger partial charge in [0.1, 0.15) is 0 Å². The van der Waals surface area contributed by atoms with Crippen LogP contribution in [0.3, 0.4) is 0 Å². The molecular formula is C9H12F2O2. The van der Waals surface area contributed by atoms with Crippen LogP contribution in [-0.4, -0.2) is 17.0 Å². The summed E-state index contributed by atoms with van der Waals surface area (Å²) in [6, 6.07) is 0. The Hall–Kier alpha value is -0.670. The Bertz CT molecular complexity index is 224. The quantitative estimate of drug-likeness (QED) is 0.687. The minimum atomic E-state index is -2.61. The molecule has 2 rings (SSSR count). The maximum absolute atomic E-state index is 13.0. The highest BCUT2D eigenvalue weighted by atomic mass is 19.3. The fourth-order valence-corrected chi connectivity index (χ4v) is 2.88. The number of rotatable bonds is 1. The second-order valence-corrected chi connectivity index (χ2v) is 4.23. The number of hydrogen-bond donors (Lipinski definition) is 1. The number of carboxylic acid groups (broad SMARTS) is 1. The Morgan fingerprint density at radius 1 is 1.23 bits per heavy atom. The highest BCUT2D eigenvalue weighted by molar-refractivity contribution is 5.71. The zero-order valence-electron chi connectivity index (χ0n) is 7.17. The molecule has 2 atom stereocenters. The first-order chi connectivity index (χ1) is 5.99. The molecule has 0 saturated heterocycles. The molecule has 0 aliphatic heterocycles. The van der Waals surface area contributed by atoms with E-state index in [-0.39, 0.29) is 24.7 Å². The molecule has 0 spiro atoms. The van der Waals surface area contributed by atoms with Gasteiger partial charge in [0.15, 0.2) is 0 Å². The van der Waals surface area contributed by atoms with E-state index in [0.29, 0.717) is 12.8 Å². The monoisotopic (exact) mass is 190 g/mol. The minimum Gasteiger partial charge on any atom is -0.481 e. The van der Waals surface area contributed by atoms with Crippen LogP contribution in [0.15, 0.2) is 0 Å². The summed E-state index contributed by atoms with van der Waals surface area (Å²) in [7, 11) is 0. The van der Waals surface area contributed by atoms with Crippen molar-refractivity contribution in [3.05, 3.63) is 0 Å². The normalized spacial score (nSPS) is 41.8. The summed E-state index contributed by atoms with van der Waals surface area (Å²) in [4.78, 5) is 10.8. The average Bonchev–Trinajstić information content (AvgIpc) is 2.23. The van der Waals surface area contributed by atoms with Gasteiger partial charge in [-0.05, 0) is 24.7 Å². The highest BCUT2D eigenvalue weighted by Crippen LogP contribution is 2.52. The van der Waals surface area contributed by atoms with E-state index in [0.717, 1.165) is 0 Å². The fraction of sp³-hybridized carbons (Fsp3) is 0.889. The second kappa shape index (κ2) is 2.66. The van der Waals surface area contributed by atoms with E-state index >= 15 is 0 Å². The minimum absolute atomic E-state index is 0.222. The van der Waals surface area contributed by atoms with Gasteiger partial charge in [-0.25, -0.2) is 8.78 Å². The van der Waals surface area contributed by atoms with E-state index in [1.807, 2.05) is 0 Å². The van der Waals surface area contributed by atoms with Crippen molar-refractivity contribution in [2.45, 2.75) is 31.6 Å².